The fourth-order valence-electron chi connectivity index (χ4n) is 4.61. The zero-order chi connectivity index (χ0) is 22.2. The molecule has 0 unspecified atom stereocenters. The van der Waals surface area contributed by atoms with E-state index in [4.69, 9.17) is 4.74 Å². The van der Waals surface area contributed by atoms with E-state index < -0.39 is 34.4 Å². The number of ketones is 1. The Kier molecular flexibility index (Phi) is 6.29. The topological polar surface area (TPSA) is 63.6 Å². The van der Waals surface area contributed by atoms with Gasteiger partial charge in [-0.1, -0.05) is 55.0 Å². The molecule has 4 atom stereocenters. The molecule has 1 aliphatic carbocycles. The summed E-state index contributed by atoms with van der Waals surface area (Å²) < 4.78 is 5.57. The van der Waals surface area contributed by atoms with Crippen molar-refractivity contribution in [3.63, 3.8) is 0 Å². The summed E-state index contributed by atoms with van der Waals surface area (Å²) in [5, 5.41) is 10.2. The molecule has 0 amide bonds. The van der Waals surface area contributed by atoms with Gasteiger partial charge in [0.05, 0.1) is 11.5 Å². The SMILES string of the molecule is C/C=C(\C)[C@H](O)/C(C)=C/C(C)=C\C=C\C=C\[C@]1(C)[C@H]2OC(=O)[C@]1(C)C(=O)C2(C)C. The third kappa shape index (κ3) is 3.59. The molecule has 0 aromatic heterocycles. The number of esters is 1. The van der Waals surface area contributed by atoms with Gasteiger partial charge < -0.3 is 9.84 Å². The highest BCUT2D eigenvalue weighted by atomic mass is 16.6. The largest absolute Gasteiger partial charge is 0.460 e. The third-order valence-electron chi connectivity index (χ3n) is 6.75. The van der Waals surface area contributed by atoms with Crippen molar-refractivity contribution >= 4 is 11.8 Å². The minimum atomic E-state index is -1.14. The van der Waals surface area contributed by atoms with Crippen molar-refractivity contribution in [3.8, 4) is 0 Å². The zero-order valence-corrected chi connectivity index (χ0v) is 18.9. The summed E-state index contributed by atoms with van der Waals surface area (Å²) in [6.07, 6.45) is 12.4. The second-order valence-corrected chi connectivity index (χ2v) is 9.22. The van der Waals surface area contributed by atoms with Crippen molar-refractivity contribution in [3.05, 3.63) is 59.3 Å². The molecule has 158 valence electrons. The Bertz CT molecular complexity index is 852. The standard InChI is InChI=1S/C25H34O4/c1-9-17(3)19(26)18(4)15-16(2)13-11-10-12-14-24(7)21-23(5,6)20(27)25(24,8)22(28)29-21/h9-15,19,21,26H,1-8H3/b11-10+,14-12+,16-13-,17-9+,18-15+/t19-,21-,24+,25-/m0/s1. The number of Topliss-reactive ketones (excluding diaryl/α,β-unsaturated/α-hetero) is 1. The van der Waals surface area contributed by atoms with Crippen LogP contribution in [-0.4, -0.2) is 29.1 Å². The number of carbonyl (C=O) groups is 2. The Morgan fingerprint density at radius 3 is 2.21 bits per heavy atom. The van der Waals surface area contributed by atoms with E-state index in [9.17, 15) is 14.7 Å². The van der Waals surface area contributed by atoms with Gasteiger partial charge in [-0.25, -0.2) is 0 Å². The van der Waals surface area contributed by atoms with Crippen molar-refractivity contribution < 1.29 is 19.4 Å². The maximum absolute atomic E-state index is 12.8. The second-order valence-electron chi connectivity index (χ2n) is 9.22. The summed E-state index contributed by atoms with van der Waals surface area (Å²) >= 11 is 0. The Hall–Kier alpha value is -2.20. The average molecular weight is 399 g/mol. The van der Waals surface area contributed by atoms with Gasteiger partial charge in [0.2, 0.25) is 0 Å². The molecule has 2 rings (SSSR count). The Labute approximate surface area is 174 Å². The van der Waals surface area contributed by atoms with Gasteiger partial charge in [0.15, 0.2) is 5.78 Å². The van der Waals surface area contributed by atoms with E-state index in [1.165, 1.54) is 0 Å². The second kappa shape index (κ2) is 7.91. The lowest BCUT2D eigenvalue weighted by Gasteiger charge is -2.30. The predicted octanol–water partition coefficient (Wildman–Crippen LogP) is 4.87. The molecule has 1 aliphatic heterocycles. The van der Waals surface area contributed by atoms with E-state index in [0.717, 1.165) is 16.7 Å². The summed E-state index contributed by atoms with van der Waals surface area (Å²) in [6.45, 7) is 15.0. The molecular weight excluding hydrogens is 364 g/mol. The van der Waals surface area contributed by atoms with Crippen LogP contribution in [0.25, 0.3) is 0 Å². The highest BCUT2D eigenvalue weighted by Gasteiger charge is 2.77. The number of aliphatic hydroxyl groups excluding tert-OH is 1. The molecule has 2 bridgehead atoms. The van der Waals surface area contributed by atoms with Crippen LogP contribution in [0.5, 0.6) is 0 Å². The number of rotatable bonds is 6. The molecule has 1 saturated heterocycles. The number of fused-ring (bicyclic) bond motifs is 2. The van der Waals surface area contributed by atoms with Crippen molar-refractivity contribution in [2.45, 2.75) is 67.6 Å². The molecule has 0 radical (unpaired) electrons. The lowest BCUT2D eigenvalue weighted by atomic mass is 9.68. The maximum atomic E-state index is 12.8. The fourth-order valence-corrected chi connectivity index (χ4v) is 4.61. The van der Waals surface area contributed by atoms with Gasteiger partial charge in [0.1, 0.15) is 11.5 Å². The summed E-state index contributed by atoms with van der Waals surface area (Å²) in [7, 11) is 0. The molecule has 1 heterocycles. The molecule has 4 heteroatoms. The van der Waals surface area contributed by atoms with E-state index in [0.29, 0.717) is 0 Å². The van der Waals surface area contributed by atoms with E-state index in [-0.39, 0.29) is 5.78 Å². The highest BCUT2D eigenvalue weighted by Crippen LogP contribution is 2.64. The van der Waals surface area contributed by atoms with E-state index >= 15 is 0 Å². The molecule has 0 aromatic rings. The predicted molar refractivity (Wildman–Crippen MR) is 116 cm³/mol. The van der Waals surface area contributed by atoms with Gasteiger partial charge in [-0.05, 0) is 59.6 Å². The quantitative estimate of drug-likeness (QED) is 0.300. The van der Waals surface area contributed by atoms with E-state index in [1.54, 1.807) is 6.92 Å². The van der Waals surface area contributed by atoms with Gasteiger partial charge in [-0.2, -0.15) is 0 Å². The lowest BCUT2D eigenvalue weighted by Crippen LogP contribution is -2.44. The number of hydrogen-bond acceptors (Lipinski definition) is 4. The molecule has 2 aliphatic rings. The molecule has 2 fully saturated rings. The zero-order valence-electron chi connectivity index (χ0n) is 18.9. The average Bonchev–Trinajstić information content (AvgIpc) is 2.92. The van der Waals surface area contributed by atoms with Crippen LogP contribution in [0.1, 0.15) is 55.4 Å². The first-order valence-corrected chi connectivity index (χ1v) is 10.1. The molecule has 1 N–H and O–H groups in total. The first kappa shape index (κ1) is 23.1. The fraction of sp³-hybridized carbons (Fsp3) is 0.520. The first-order chi connectivity index (χ1) is 13.3. The lowest BCUT2D eigenvalue weighted by molar-refractivity contribution is -0.166. The van der Waals surface area contributed by atoms with Gasteiger partial charge >= 0.3 is 5.97 Å². The van der Waals surface area contributed by atoms with Crippen LogP contribution < -0.4 is 0 Å². The summed E-state index contributed by atoms with van der Waals surface area (Å²) in [5.74, 6) is -0.469. The Morgan fingerprint density at radius 2 is 1.66 bits per heavy atom. The minimum absolute atomic E-state index is 0.0475. The van der Waals surface area contributed by atoms with Gasteiger partial charge in [0.25, 0.3) is 0 Å². The number of carbonyl (C=O) groups excluding carboxylic acids is 2. The van der Waals surface area contributed by atoms with Crippen molar-refractivity contribution in [1.29, 1.82) is 0 Å². The van der Waals surface area contributed by atoms with E-state index in [1.807, 2.05) is 91.0 Å². The minimum Gasteiger partial charge on any atom is -0.460 e. The summed E-state index contributed by atoms with van der Waals surface area (Å²) in [5.41, 5.74) is 0.334. The van der Waals surface area contributed by atoms with Gasteiger partial charge in [0, 0.05) is 5.41 Å². The smallest absolute Gasteiger partial charge is 0.320 e. The number of allylic oxidation sites excluding steroid dienone is 7. The van der Waals surface area contributed by atoms with Gasteiger partial charge in [-0.15, -0.1) is 0 Å². The molecular formula is C25H34O4. The van der Waals surface area contributed by atoms with E-state index in [2.05, 4.69) is 0 Å². The number of hydrogen-bond donors (Lipinski definition) is 1. The van der Waals surface area contributed by atoms with Crippen LogP contribution in [0, 0.1) is 16.2 Å². The molecule has 0 spiro atoms. The van der Waals surface area contributed by atoms with Crippen LogP contribution in [0.3, 0.4) is 0 Å². The highest BCUT2D eigenvalue weighted by molar-refractivity contribution is 6.12. The Morgan fingerprint density at radius 1 is 1.03 bits per heavy atom. The molecule has 4 nitrogen and oxygen atoms in total. The monoisotopic (exact) mass is 398 g/mol. The maximum Gasteiger partial charge on any atom is 0.320 e. The van der Waals surface area contributed by atoms with Crippen LogP contribution in [0.15, 0.2) is 59.3 Å². The number of aliphatic hydroxyl groups is 1. The van der Waals surface area contributed by atoms with Gasteiger partial charge in [-0.3, -0.25) is 9.59 Å². The molecule has 0 aromatic carbocycles. The van der Waals surface area contributed by atoms with Crippen LogP contribution in [0.2, 0.25) is 0 Å². The van der Waals surface area contributed by atoms with Crippen molar-refractivity contribution in [2.75, 3.05) is 0 Å². The van der Waals surface area contributed by atoms with Crippen molar-refractivity contribution in [2.24, 2.45) is 16.2 Å². The van der Waals surface area contributed by atoms with Crippen LogP contribution >= 0.6 is 0 Å². The van der Waals surface area contributed by atoms with Crippen LogP contribution in [0.4, 0.5) is 0 Å². The first-order valence-electron chi connectivity index (χ1n) is 10.1. The van der Waals surface area contributed by atoms with Crippen molar-refractivity contribution in [1.82, 2.24) is 0 Å². The summed E-state index contributed by atoms with van der Waals surface area (Å²) in [4.78, 5) is 25.2. The molecule has 1 saturated carbocycles. The molecule has 29 heavy (non-hydrogen) atoms. The normalized spacial score (nSPS) is 33.8. The van der Waals surface area contributed by atoms with Crippen LogP contribution in [-0.2, 0) is 14.3 Å². The Balaban J connectivity index is 2.16. The third-order valence-corrected chi connectivity index (χ3v) is 6.75. The number of ether oxygens (including phenoxy) is 1. The summed E-state index contributed by atoms with van der Waals surface area (Å²) in [6, 6.07) is 0.